The lowest BCUT2D eigenvalue weighted by molar-refractivity contribution is -0.154. The van der Waals surface area contributed by atoms with Crippen LogP contribution in [0.15, 0.2) is 18.2 Å². The van der Waals surface area contributed by atoms with Crippen LogP contribution >= 0.6 is 0 Å². The summed E-state index contributed by atoms with van der Waals surface area (Å²) in [5.74, 6) is 6.37. The molecular weight excluding hydrogens is 272 g/mol. The molecule has 0 N–H and O–H groups in total. The van der Waals surface area contributed by atoms with Crippen LogP contribution in [-0.4, -0.2) is 11.6 Å². The average Bonchev–Trinajstić information content (AvgIpc) is 2.40. The highest BCUT2D eigenvalue weighted by atomic mass is 16.6. The number of aryl methyl sites for hydroxylation is 1. The number of rotatable bonds is 5. The zero-order valence-corrected chi connectivity index (χ0v) is 14.6. The lowest BCUT2D eigenvalue weighted by atomic mass is 10.0. The van der Waals surface area contributed by atoms with E-state index in [9.17, 15) is 4.79 Å². The molecule has 0 amide bonds. The number of hydrogen-bond acceptors (Lipinski definition) is 2. The largest absolute Gasteiger partial charge is 0.460 e. The smallest absolute Gasteiger partial charge is 0.306 e. The van der Waals surface area contributed by atoms with Crippen LogP contribution in [0.3, 0.4) is 0 Å². The molecule has 0 radical (unpaired) electrons. The van der Waals surface area contributed by atoms with Gasteiger partial charge in [0.2, 0.25) is 0 Å². The molecule has 0 spiro atoms. The first kappa shape index (κ1) is 18.3. The lowest BCUT2D eigenvalue weighted by Gasteiger charge is -2.19. The van der Waals surface area contributed by atoms with Crippen LogP contribution in [0.2, 0.25) is 0 Å². The van der Waals surface area contributed by atoms with E-state index in [-0.39, 0.29) is 11.6 Å². The number of benzene rings is 1. The predicted molar refractivity (Wildman–Crippen MR) is 91.7 cm³/mol. The van der Waals surface area contributed by atoms with E-state index < -0.39 is 0 Å². The number of hydrogen-bond donors (Lipinski definition) is 0. The maximum Gasteiger partial charge on any atom is 0.306 e. The molecule has 0 atom stereocenters. The molecule has 0 fully saturated rings. The third kappa shape index (κ3) is 7.31. The van der Waals surface area contributed by atoms with Crippen molar-refractivity contribution in [1.29, 1.82) is 0 Å². The fourth-order valence-corrected chi connectivity index (χ4v) is 2.10. The lowest BCUT2D eigenvalue weighted by Crippen LogP contribution is -2.23. The molecule has 2 heteroatoms. The molecule has 2 nitrogen and oxygen atoms in total. The average molecular weight is 300 g/mol. The minimum Gasteiger partial charge on any atom is -0.460 e. The van der Waals surface area contributed by atoms with Crippen molar-refractivity contribution in [3.63, 3.8) is 0 Å². The van der Waals surface area contributed by atoms with Crippen LogP contribution in [0.25, 0.3) is 0 Å². The summed E-state index contributed by atoms with van der Waals surface area (Å²) in [5, 5.41) is 0. The van der Waals surface area contributed by atoms with E-state index in [2.05, 4.69) is 37.8 Å². The summed E-state index contributed by atoms with van der Waals surface area (Å²) in [5.41, 5.74) is 3.28. The van der Waals surface area contributed by atoms with Gasteiger partial charge in [-0.25, -0.2) is 0 Å². The Morgan fingerprint density at radius 2 is 1.86 bits per heavy atom. The van der Waals surface area contributed by atoms with Crippen LogP contribution in [0.5, 0.6) is 0 Å². The molecule has 120 valence electrons. The summed E-state index contributed by atoms with van der Waals surface area (Å²) in [4.78, 5) is 11.6. The Morgan fingerprint density at radius 1 is 1.14 bits per heavy atom. The van der Waals surface area contributed by atoms with Crippen molar-refractivity contribution in [2.45, 2.75) is 72.3 Å². The van der Waals surface area contributed by atoms with Gasteiger partial charge in [0, 0.05) is 18.4 Å². The quantitative estimate of drug-likeness (QED) is 0.437. The van der Waals surface area contributed by atoms with Crippen LogP contribution < -0.4 is 0 Å². The molecule has 0 aliphatic rings. The molecule has 0 unspecified atom stereocenters. The zero-order chi connectivity index (χ0) is 16.6. The molecule has 22 heavy (non-hydrogen) atoms. The number of carbonyl (C=O) groups is 1. The van der Waals surface area contributed by atoms with Crippen LogP contribution in [0.1, 0.15) is 69.6 Å². The monoisotopic (exact) mass is 300 g/mol. The molecule has 0 saturated carbocycles. The van der Waals surface area contributed by atoms with Crippen LogP contribution in [0.4, 0.5) is 0 Å². The SMILES string of the molecule is Cc1cccc(C#CCCCCCC(=O)OC(C)(C)C)c1C. The molecule has 1 aromatic carbocycles. The van der Waals surface area contributed by atoms with Crippen LogP contribution in [0, 0.1) is 25.7 Å². The molecule has 0 aromatic heterocycles. The third-order valence-corrected chi connectivity index (χ3v) is 3.43. The van der Waals surface area contributed by atoms with Gasteiger partial charge in [-0.2, -0.15) is 0 Å². The third-order valence-electron chi connectivity index (χ3n) is 3.43. The van der Waals surface area contributed by atoms with Crippen molar-refractivity contribution in [2.24, 2.45) is 0 Å². The second-order valence-electron chi connectivity index (χ2n) is 6.70. The predicted octanol–water partition coefficient (Wildman–Crippen LogP) is 4.95. The Balaban J connectivity index is 2.23. The number of unbranched alkanes of at least 4 members (excludes halogenated alkanes) is 3. The van der Waals surface area contributed by atoms with E-state index in [1.165, 1.54) is 11.1 Å². The second kappa shape index (κ2) is 8.63. The maximum absolute atomic E-state index is 11.6. The van der Waals surface area contributed by atoms with Gasteiger partial charge < -0.3 is 4.74 Å². The highest BCUT2D eigenvalue weighted by Gasteiger charge is 2.15. The normalized spacial score (nSPS) is 10.8. The molecule has 0 aliphatic carbocycles. The molecule has 0 saturated heterocycles. The molecule has 0 bridgehead atoms. The summed E-state index contributed by atoms with van der Waals surface area (Å²) in [6, 6.07) is 6.22. The van der Waals surface area contributed by atoms with E-state index in [1.807, 2.05) is 26.8 Å². The van der Waals surface area contributed by atoms with Gasteiger partial charge in [0.25, 0.3) is 0 Å². The number of esters is 1. The fourth-order valence-electron chi connectivity index (χ4n) is 2.10. The Labute approximate surface area is 135 Å². The van der Waals surface area contributed by atoms with Gasteiger partial charge in [-0.1, -0.05) is 30.4 Å². The van der Waals surface area contributed by atoms with Gasteiger partial charge in [-0.05, 0) is 64.7 Å². The Kier molecular flexibility index (Phi) is 7.18. The van der Waals surface area contributed by atoms with Gasteiger partial charge in [0.15, 0.2) is 0 Å². The Morgan fingerprint density at radius 3 is 2.55 bits per heavy atom. The number of ether oxygens (including phenoxy) is 1. The fraction of sp³-hybridized carbons (Fsp3) is 0.550. The molecule has 0 aliphatic heterocycles. The minimum atomic E-state index is -0.381. The van der Waals surface area contributed by atoms with E-state index >= 15 is 0 Å². The summed E-state index contributed by atoms with van der Waals surface area (Å²) < 4.78 is 5.28. The Hall–Kier alpha value is -1.75. The minimum absolute atomic E-state index is 0.103. The van der Waals surface area contributed by atoms with E-state index in [0.717, 1.165) is 31.2 Å². The van der Waals surface area contributed by atoms with Crippen molar-refractivity contribution in [3.05, 3.63) is 34.9 Å². The van der Waals surface area contributed by atoms with Crippen molar-refractivity contribution < 1.29 is 9.53 Å². The zero-order valence-electron chi connectivity index (χ0n) is 14.6. The molecule has 0 heterocycles. The van der Waals surface area contributed by atoms with Gasteiger partial charge >= 0.3 is 5.97 Å². The first-order chi connectivity index (χ1) is 10.3. The summed E-state index contributed by atoms with van der Waals surface area (Å²) in [7, 11) is 0. The summed E-state index contributed by atoms with van der Waals surface area (Å²) in [6.07, 6.45) is 4.30. The molecule has 1 aromatic rings. The van der Waals surface area contributed by atoms with Gasteiger partial charge in [0.1, 0.15) is 5.60 Å². The summed E-state index contributed by atoms with van der Waals surface area (Å²) >= 11 is 0. The van der Waals surface area contributed by atoms with Gasteiger partial charge in [-0.3, -0.25) is 4.79 Å². The highest BCUT2D eigenvalue weighted by molar-refractivity contribution is 5.69. The van der Waals surface area contributed by atoms with Crippen molar-refractivity contribution >= 4 is 5.97 Å². The van der Waals surface area contributed by atoms with E-state index in [0.29, 0.717) is 6.42 Å². The summed E-state index contributed by atoms with van der Waals surface area (Å²) in [6.45, 7) is 9.91. The molecule has 1 rings (SSSR count). The maximum atomic E-state index is 11.6. The van der Waals surface area contributed by atoms with Gasteiger partial charge in [0.05, 0.1) is 0 Å². The van der Waals surface area contributed by atoms with Crippen molar-refractivity contribution in [3.8, 4) is 11.8 Å². The van der Waals surface area contributed by atoms with Crippen molar-refractivity contribution in [2.75, 3.05) is 0 Å². The topological polar surface area (TPSA) is 26.3 Å². The Bertz CT molecular complexity index is 553. The molecular formula is C20H28O2. The first-order valence-electron chi connectivity index (χ1n) is 8.06. The number of carbonyl (C=O) groups excluding carboxylic acids is 1. The van der Waals surface area contributed by atoms with Gasteiger partial charge in [-0.15, -0.1) is 0 Å². The van der Waals surface area contributed by atoms with Crippen molar-refractivity contribution in [1.82, 2.24) is 0 Å². The van der Waals surface area contributed by atoms with Crippen LogP contribution in [-0.2, 0) is 9.53 Å². The van der Waals surface area contributed by atoms with E-state index in [1.54, 1.807) is 0 Å². The first-order valence-corrected chi connectivity index (χ1v) is 8.06. The standard InChI is InChI=1S/C20H28O2/c1-16-12-11-14-18(17(16)2)13-9-7-6-8-10-15-19(21)22-20(3,4)5/h11-12,14H,6-8,10,15H2,1-5H3. The second-order valence-corrected chi connectivity index (χ2v) is 6.70. The van der Waals surface area contributed by atoms with E-state index in [4.69, 9.17) is 4.74 Å². The highest BCUT2D eigenvalue weighted by Crippen LogP contribution is 2.12.